The molecule has 1 amide bonds. The van der Waals surface area contributed by atoms with Crippen LogP contribution in [0, 0.1) is 6.92 Å². The van der Waals surface area contributed by atoms with Crippen molar-refractivity contribution in [2.45, 2.75) is 18.5 Å². The number of amides is 1. The lowest BCUT2D eigenvalue weighted by molar-refractivity contribution is -0.118. The number of carbonyl (C=O) groups excluding carboxylic acids is 1. The fourth-order valence-corrected chi connectivity index (χ4v) is 3.35. The standard InChI is InChI=1S/C21H19N3O3S/c1-14-2-4-15(5-3-14)11-22-20(25)12-28-21-9-7-17(23-24-21)16-6-8-18-19(10-16)27-13-26-18/h2-10H,11-13H2,1H3,(H,22,25). The molecule has 3 aromatic rings. The van der Waals surface area contributed by atoms with E-state index in [0.29, 0.717) is 23.1 Å². The lowest BCUT2D eigenvalue weighted by atomic mass is 10.1. The Balaban J connectivity index is 1.29. The van der Waals surface area contributed by atoms with Crippen LogP contribution in [0.25, 0.3) is 11.3 Å². The molecule has 1 aliphatic heterocycles. The minimum Gasteiger partial charge on any atom is -0.454 e. The summed E-state index contributed by atoms with van der Waals surface area (Å²) >= 11 is 1.36. The molecule has 0 spiro atoms. The van der Waals surface area contributed by atoms with E-state index in [2.05, 4.69) is 15.5 Å². The van der Waals surface area contributed by atoms with E-state index in [4.69, 9.17) is 9.47 Å². The van der Waals surface area contributed by atoms with Crippen LogP contribution in [0.3, 0.4) is 0 Å². The van der Waals surface area contributed by atoms with Crippen molar-refractivity contribution >= 4 is 17.7 Å². The maximum Gasteiger partial charge on any atom is 0.231 e. The maximum absolute atomic E-state index is 12.0. The second-order valence-electron chi connectivity index (χ2n) is 6.38. The first-order chi connectivity index (χ1) is 13.7. The number of nitrogens with zero attached hydrogens (tertiary/aromatic N) is 2. The minimum absolute atomic E-state index is 0.0350. The van der Waals surface area contributed by atoms with Gasteiger partial charge in [-0.2, -0.15) is 0 Å². The van der Waals surface area contributed by atoms with E-state index in [9.17, 15) is 4.79 Å². The third kappa shape index (κ3) is 4.43. The van der Waals surface area contributed by atoms with Crippen LogP contribution in [0.5, 0.6) is 11.5 Å². The number of benzene rings is 2. The van der Waals surface area contributed by atoms with Gasteiger partial charge in [-0.1, -0.05) is 41.6 Å². The Labute approximate surface area is 167 Å². The molecule has 0 fully saturated rings. The smallest absolute Gasteiger partial charge is 0.231 e. The van der Waals surface area contributed by atoms with Crippen molar-refractivity contribution in [1.82, 2.24) is 15.5 Å². The summed E-state index contributed by atoms with van der Waals surface area (Å²) in [5, 5.41) is 12.1. The zero-order chi connectivity index (χ0) is 19.3. The number of fused-ring (bicyclic) bond motifs is 1. The van der Waals surface area contributed by atoms with Crippen LogP contribution in [0.1, 0.15) is 11.1 Å². The number of carbonyl (C=O) groups is 1. The van der Waals surface area contributed by atoms with Crippen LogP contribution < -0.4 is 14.8 Å². The molecule has 4 rings (SSSR count). The molecule has 142 valence electrons. The largest absolute Gasteiger partial charge is 0.454 e. The topological polar surface area (TPSA) is 73.3 Å². The van der Waals surface area contributed by atoms with Crippen LogP contribution in [0.15, 0.2) is 59.6 Å². The van der Waals surface area contributed by atoms with Crippen molar-refractivity contribution in [2.75, 3.05) is 12.5 Å². The Morgan fingerprint density at radius 1 is 1.04 bits per heavy atom. The molecule has 0 unspecified atom stereocenters. The monoisotopic (exact) mass is 393 g/mol. The molecule has 0 bridgehead atoms. The minimum atomic E-state index is -0.0350. The second-order valence-corrected chi connectivity index (χ2v) is 7.37. The third-order valence-corrected chi connectivity index (χ3v) is 5.19. The highest BCUT2D eigenvalue weighted by Gasteiger charge is 2.14. The molecule has 0 saturated heterocycles. The average Bonchev–Trinajstić information content (AvgIpc) is 3.20. The summed E-state index contributed by atoms with van der Waals surface area (Å²) in [7, 11) is 0. The second kappa shape index (κ2) is 8.31. The summed E-state index contributed by atoms with van der Waals surface area (Å²) in [6, 6.07) is 17.5. The van der Waals surface area contributed by atoms with Gasteiger partial charge in [0.2, 0.25) is 12.7 Å². The number of aromatic nitrogens is 2. The summed E-state index contributed by atoms with van der Waals surface area (Å²) < 4.78 is 10.7. The van der Waals surface area contributed by atoms with Crippen LogP contribution in [-0.2, 0) is 11.3 Å². The van der Waals surface area contributed by atoms with Crippen LogP contribution in [0.4, 0.5) is 0 Å². The quantitative estimate of drug-likeness (QED) is 0.645. The van der Waals surface area contributed by atoms with E-state index in [1.807, 2.05) is 61.5 Å². The lowest BCUT2D eigenvalue weighted by Crippen LogP contribution is -2.24. The molecule has 2 aromatic carbocycles. The molecule has 28 heavy (non-hydrogen) atoms. The number of nitrogens with one attached hydrogen (secondary N) is 1. The van der Waals surface area contributed by atoms with Crippen molar-refractivity contribution in [1.29, 1.82) is 0 Å². The first kappa shape index (κ1) is 18.3. The van der Waals surface area contributed by atoms with Crippen molar-refractivity contribution in [3.8, 4) is 22.8 Å². The van der Waals surface area contributed by atoms with E-state index in [1.165, 1.54) is 17.3 Å². The zero-order valence-corrected chi connectivity index (χ0v) is 16.2. The van der Waals surface area contributed by atoms with Gasteiger partial charge >= 0.3 is 0 Å². The van der Waals surface area contributed by atoms with E-state index in [1.54, 1.807) is 0 Å². The SMILES string of the molecule is Cc1ccc(CNC(=O)CSc2ccc(-c3ccc4c(c3)OCO4)nn2)cc1. The Morgan fingerprint density at radius 2 is 1.86 bits per heavy atom. The Bertz CT molecular complexity index is 975. The maximum atomic E-state index is 12.0. The van der Waals surface area contributed by atoms with E-state index in [-0.39, 0.29) is 12.7 Å². The molecular weight excluding hydrogens is 374 g/mol. The Morgan fingerprint density at radius 3 is 2.64 bits per heavy atom. The normalized spacial score (nSPS) is 12.0. The van der Waals surface area contributed by atoms with Crippen LogP contribution in [0.2, 0.25) is 0 Å². The predicted octanol–water partition coefficient (Wildman–Crippen LogP) is 3.59. The van der Waals surface area contributed by atoms with Gasteiger partial charge in [-0.15, -0.1) is 10.2 Å². The van der Waals surface area contributed by atoms with Crippen LogP contribution in [-0.4, -0.2) is 28.7 Å². The predicted molar refractivity (Wildman–Crippen MR) is 107 cm³/mol. The highest BCUT2D eigenvalue weighted by molar-refractivity contribution is 7.99. The molecule has 0 saturated carbocycles. The van der Waals surface area contributed by atoms with Gasteiger partial charge in [0, 0.05) is 12.1 Å². The third-order valence-electron chi connectivity index (χ3n) is 4.27. The molecular formula is C21H19N3O3S. The number of thioether (sulfide) groups is 1. The summed E-state index contributed by atoms with van der Waals surface area (Å²) in [4.78, 5) is 12.0. The molecule has 0 atom stereocenters. The van der Waals surface area contributed by atoms with Crippen molar-refractivity contribution < 1.29 is 14.3 Å². The number of ether oxygens (including phenoxy) is 2. The Kier molecular flexibility index (Phi) is 5.43. The summed E-state index contributed by atoms with van der Waals surface area (Å²) in [6.45, 7) is 2.80. The van der Waals surface area contributed by atoms with Gasteiger partial charge in [0.1, 0.15) is 5.03 Å². The summed E-state index contributed by atoms with van der Waals surface area (Å²) in [6.07, 6.45) is 0. The molecule has 0 aliphatic carbocycles. The molecule has 1 N–H and O–H groups in total. The van der Waals surface area contributed by atoms with Crippen molar-refractivity contribution in [2.24, 2.45) is 0 Å². The lowest BCUT2D eigenvalue weighted by Gasteiger charge is -2.06. The highest BCUT2D eigenvalue weighted by Crippen LogP contribution is 2.35. The van der Waals surface area contributed by atoms with Crippen molar-refractivity contribution in [3.05, 3.63) is 65.7 Å². The van der Waals surface area contributed by atoms with E-state index in [0.717, 1.165) is 22.6 Å². The summed E-state index contributed by atoms with van der Waals surface area (Å²) in [5.41, 5.74) is 3.93. The molecule has 2 heterocycles. The van der Waals surface area contributed by atoms with E-state index < -0.39 is 0 Å². The van der Waals surface area contributed by atoms with E-state index >= 15 is 0 Å². The number of rotatable bonds is 6. The Hall–Kier alpha value is -3.06. The van der Waals surface area contributed by atoms with Crippen molar-refractivity contribution in [3.63, 3.8) is 0 Å². The first-order valence-electron chi connectivity index (χ1n) is 8.86. The molecule has 6 nitrogen and oxygen atoms in total. The van der Waals surface area contributed by atoms with Gasteiger partial charge < -0.3 is 14.8 Å². The molecule has 0 radical (unpaired) electrons. The fourth-order valence-electron chi connectivity index (χ4n) is 2.70. The van der Waals surface area contributed by atoms with Gasteiger partial charge in [-0.25, -0.2) is 0 Å². The van der Waals surface area contributed by atoms with Gasteiger partial charge in [-0.05, 0) is 42.8 Å². The zero-order valence-electron chi connectivity index (χ0n) is 15.3. The molecule has 1 aromatic heterocycles. The average molecular weight is 393 g/mol. The van der Waals surface area contributed by atoms with Gasteiger partial charge in [0.25, 0.3) is 0 Å². The number of aryl methyl sites for hydroxylation is 1. The van der Waals surface area contributed by atoms with Crippen LogP contribution >= 0.6 is 11.8 Å². The number of hydrogen-bond acceptors (Lipinski definition) is 6. The van der Waals surface area contributed by atoms with Gasteiger partial charge in [-0.3, -0.25) is 4.79 Å². The summed E-state index contributed by atoms with van der Waals surface area (Å²) in [5.74, 6) is 1.71. The van der Waals surface area contributed by atoms with Gasteiger partial charge in [0.05, 0.1) is 11.4 Å². The highest BCUT2D eigenvalue weighted by atomic mass is 32.2. The number of hydrogen-bond donors (Lipinski definition) is 1. The molecule has 1 aliphatic rings. The van der Waals surface area contributed by atoms with Gasteiger partial charge in [0.15, 0.2) is 11.5 Å². The first-order valence-corrected chi connectivity index (χ1v) is 9.85. The fraction of sp³-hybridized carbons (Fsp3) is 0.190. The molecule has 7 heteroatoms.